The lowest BCUT2D eigenvalue weighted by molar-refractivity contribution is 0.187. The quantitative estimate of drug-likeness (QED) is 0.795. The van der Waals surface area contributed by atoms with Crippen LogP contribution in [0, 0.1) is 0 Å². The maximum atomic E-state index is 6.11. The normalized spacial score (nSPS) is 11.2. The number of methoxy groups -OCH3 is 1. The molecule has 0 aliphatic carbocycles. The van der Waals surface area contributed by atoms with Crippen LogP contribution in [-0.2, 0) is 11.3 Å². The van der Waals surface area contributed by atoms with Crippen molar-refractivity contribution in [3.63, 3.8) is 0 Å². The van der Waals surface area contributed by atoms with E-state index in [0.717, 1.165) is 22.8 Å². The summed E-state index contributed by atoms with van der Waals surface area (Å²) in [5, 5.41) is 0.767. The molecular weight excluding hydrogens is 246 g/mol. The molecule has 3 heteroatoms. The summed E-state index contributed by atoms with van der Waals surface area (Å²) in [5.74, 6) is 0. The van der Waals surface area contributed by atoms with Gasteiger partial charge in [-0.15, -0.1) is 0 Å². The van der Waals surface area contributed by atoms with Crippen LogP contribution in [0.25, 0.3) is 12.2 Å². The molecule has 0 amide bonds. The van der Waals surface area contributed by atoms with Crippen molar-refractivity contribution < 1.29 is 4.74 Å². The number of rotatable bonds is 5. The topological polar surface area (TPSA) is 14.2 Å². The predicted molar refractivity (Wildman–Crippen MR) is 76.7 cm³/mol. The van der Waals surface area contributed by atoms with Gasteiger partial charge in [-0.3, -0.25) is 0 Å². The molecule has 0 fully saturated rings. The number of aromatic nitrogens is 1. The van der Waals surface area contributed by atoms with Crippen molar-refractivity contribution in [2.75, 3.05) is 13.7 Å². The molecule has 0 N–H and O–H groups in total. The van der Waals surface area contributed by atoms with E-state index in [1.54, 1.807) is 7.11 Å². The van der Waals surface area contributed by atoms with Gasteiger partial charge >= 0.3 is 0 Å². The number of halogens is 1. The van der Waals surface area contributed by atoms with Crippen molar-refractivity contribution in [1.29, 1.82) is 0 Å². The summed E-state index contributed by atoms with van der Waals surface area (Å²) in [4.78, 5) is 0. The van der Waals surface area contributed by atoms with Crippen LogP contribution in [0.1, 0.15) is 11.3 Å². The summed E-state index contributed by atoms with van der Waals surface area (Å²) in [6.45, 7) is 1.56. The highest BCUT2D eigenvalue weighted by Crippen LogP contribution is 2.18. The minimum atomic E-state index is 0.710. The minimum absolute atomic E-state index is 0.710. The summed E-state index contributed by atoms with van der Waals surface area (Å²) in [5.41, 5.74) is 2.17. The molecular formula is C15H16ClNO. The van der Waals surface area contributed by atoms with Crippen molar-refractivity contribution in [3.05, 3.63) is 58.9 Å². The lowest BCUT2D eigenvalue weighted by Crippen LogP contribution is -2.04. The third-order valence-corrected chi connectivity index (χ3v) is 3.08. The predicted octanol–water partition coefficient (Wildman–Crippen LogP) is 3.96. The number of hydrogen-bond donors (Lipinski definition) is 0. The second-order valence-electron chi connectivity index (χ2n) is 3.97. The van der Waals surface area contributed by atoms with Crippen molar-refractivity contribution in [1.82, 2.24) is 4.57 Å². The van der Waals surface area contributed by atoms with E-state index >= 15 is 0 Å². The Kier molecular flexibility index (Phi) is 4.62. The Hall–Kier alpha value is -1.51. The molecule has 0 saturated heterocycles. The van der Waals surface area contributed by atoms with Crippen LogP contribution in [0.3, 0.4) is 0 Å². The largest absolute Gasteiger partial charge is 0.383 e. The molecule has 1 aromatic heterocycles. The lowest BCUT2D eigenvalue weighted by Gasteiger charge is -2.05. The molecule has 0 unspecified atom stereocenters. The van der Waals surface area contributed by atoms with Gasteiger partial charge in [-0.05, 0) is 29.8 Å². The molecule has 2 rings (SSSR count). The Morgan fingerprint density at radius 2 is 2.00 bits per heavy atom. The standard InChI is InChI=1S/C15H16ClNO/c1-18-12-11-17-10-4-6-14(17)9-8-13-5-2-3-7-15(13)16/h2-10H,11-12H2,1H3. The van der Waals surface area contributed by atoms with Crippen molar-refractivity contribution in [2.45, 2.75) is 6.54 Å². The Morgan fingerprint density at radius 1 is 1.17 bits per heavy atom. The number of hydrogen-bond acceptors (Lipinski definition) is 1. The molecule has 0 bridgehead atoms. The van der Waals surface area contributed by atoms with Gasteiger partial charge in [-0.1, -0.05) is 35.9 Å². The van der Waals surface area contributed by atoms with Crippen LogP contribution in [0.4, 0.5) is 0 Å². The average molecular weight is 262 g/mol. The van der Waals surface area contributed by atoms with E-state index in [4.69, 9.17) is 16.3 Å². The van der Waals surface area contributed by atoms with Gasteiger partial charge in [-0.2, -0.15) is 0 Å². The van der Waals surface area contributed by atoms with Crippen LogP contribution in [0.2, 0.25) is 5.02 Å². The first-order chi connectivity index (χ1) is 8.81. The first-order valence-corrected chi connectivity index (χ1v) is 6.26. The van der Waals surface area contributed by atoms with Gasteiger partial charge in [0.15, 0.2) is 0 Å². The van der Waals surface area contributed by atoms with E-state index in [-0.39, 0.29) is 0 Å². The SMILES string of the molecule is COCCn1cccc1C=Cc1ccccc1Cl. The molecule has 2 nitrogen and oxygen atoms in total. The van der Waals surface area contributed by atoms with Crippen LogP contribution >= 0.6 is 11.6 Å². The molecule has 0 spiro atoms. The highest BCUT2D eigenvalue weighted by molar-refractivity contribution is 6.32. The van der Waals surface area contributed by atoms with Gasteiger partial charge in [0.2, 0.25) is 0 Å². The van der Waals surface area contributed by atoms with Crippen LogP contribution < -0.4 is 0 Å². The Labute approximate surface area is 112 Å². The number of nitrogens with zero attached hydrogens (tertiary/aromatic N) is 1. The Bertz CT molecular complexity index is 531. The minimum Gasteiger partial charge on any atom is -0.383 e. The summed E-state index contributed by atoms with van der Waals surface area (Å²) >= 11 is 6.11. The molecule has 0 aliphatic rings. The van der Waals surface area contributed by atoms with Crippen molar-refractivity contribution in [3.8, 4) is 0 Å². The molecule has 0 atom stereocenters. The van der Waals surface area contributed by atoms with Gasteiger partial charge in [0.25, 0.3) is 0 Å². The number of ether oxygens (including phenoxy) is 1. The highest BCUT2D eigenvalue weighted by atomic mass is 35.5. The smallest absolute Gasteiger partial charge is 0.0641 e. The molecule has 2 aromatic rings. The molecule has 94 valence electrons. The van der Waals surface area contributed by atoms with E-state index < -0.39 is 0 Å². The lowest BCUT2D eigenvalue weighted by atomic mass is 10.2. The third-order valence-electron chi connectivity index (χ3n) is 2.74. The average Bonchev–Trinajstić information content (AvgIpc) is 2.83. The van der Waals surface area contributed by atoms with Gasteiger partial charge in [0.1, 0.15) is 0 Å². The fourth-order valence-electron chi connectivity index (χ4n) is 1.76. The highest BCUT2D eigenvalue weighted by Gasteiger charge is 1.98. The third kappa shape index (κ3) is 3.25. The van der Waals surface area contributed by atoms with E-state index in [1.165, 1.54) is 0 Å². The van der Waals surface area contributed by atoms with E-state index in [0.29, 0.717) is 6.61 Å². The zero-order valence-electron chi connectivity index (χ0n) is 10.3. The van der Waals surface area contributed by atoms with Gasteiger partial charge in [0.05, 0.1) is 6.61 Å². The molecule has 0 saturated carbocycles. The van der Waals surface area contributed by atoms with Gasteiger partial charge in [0, 0.05) is 30.6 Å². The maximum absolute atomic E-state index is 6.11. The number of benzene rings is 1. The first kappa shape index (κ1) is 12.9. The Balaban J connectivity index is 2.14. The summed E-state index contributed by atoms with van der Waals surface area (Å²) in [6, 6.07) is 11.9. The summed E-state index contributed by atoms with van der Waals surface area (Å²) in [7, 11) is 1.71. The van der Waals surface area contributed by atoms with Gasteiger partial charge in [-0.25, -0.2) is 0 Å². The molecule has 0 aliphatic heterocycles. The molecule has 18 heavy (non-hydrogen) atoms. The fraction of sp³-hybridized carbons (Fsp3) is 0.200. The van der Waals surface area contributed by atoms with Crippen LogP contribution in [-0.4, -0.2) is 18.3 Å². The van der Waals surface area contributed by atoms with E-state index in [1.807, 2.05) is 42.6 Å². The van der Waals surface area contributed by atoms with E-state index in [2.05, 4.69) is 16.7 Å². The van der Waals surface area contributed by atoms with Crippen LogP contribution in [0.15, 0.2) is 42.6 Å². The molecule has 1 aromatic carbocycles. The van der Waals surface area contributed by atoms with E-state index in [9.17, 15) is 0 Å². The molecule has 1 heterocycles. The van der Waals surface area contributed by atoms with Crippen LogP contribution in [0.5, 0.6) is 0 Å². The zero-order chi connectivity index (χ0) is 12.8. The fourth-order valence-corrected chi connectivity index (χ4v) is 1.96. The zero-order valence-corrected chi connectivity index (χ0v) is 11.1. The second kappa shape index (κ2) is 6.43. The summed E-state index contributed by atoms with van der Waals surface area (Å²) in [6.07, 6.45) is 6.14. The Morgan fingerprint density at radius 3 is 2.78 bits per heavy atom. The first-order valence-electron chi connectivity index (χ1n) is 5.88. The second-order valence-corrected chi connectivity index (χ2v) is 4.38. The van der Waals surface area contributed by atoms with Crippen molar-refractivity contribution >= 4 is 23.8 Å². The summed E-state index contributed by atoms with van der Waals surface area (Å²) < 4.78 is 7.24. The van der Waals surface area contributed by atoms with Gasteiger partial charge < -0.3 is 9.30 Å². The van der Waals surface area contributed by atoms with Crippen molar-refractivity contribution in [2.24, 2.45) is 0 Å². The maximum Gasteiger partial charge on any atom is 0.0641 e. The molecule has 0 radical (unpaired) electrons. The monoisotopic (exact) mass is 261 g/mol.